The fraction of sp³-hybridized carbons (Fsp3) is 0.467. The number of ether oxygens (including phenoxy) is 2. The largest absolute Gasteiger partial charge is 0.462 e. The SMILES string of the molecule is CCOC(=O)c1ccc(C)cc1C(=O)OC(C)(C)C. The van der Waals surface area contributed by atoms with Crippen molar-refractivity contribution in [1.82, 2.24) is 0 Å². The van der Waals surface area contributed by atoms with E-state index in [0.717, 1.165) is 5.56 Å². The van der Waals surface area contributed by atoms with Crippen molar-refractivity contribution < 1.29 is 19.1 Å². The summed E-state index contributed by atoms with van der Waals surface area (Å²) in [7, 11) is 0. The van der Waals surface area contributed by atoms with Gasteiger partial charge in [0.05, 0.1) is 17.7 Å². The predicted molar refractivity (Wildman–Crippen MR) is 72.3 cm³/mol. The van der Waals surface area contributed by atoms with Crippen molar-refractivity contribution in [1.29, 1.82) is 0 Å². The summed E-state index contributed by atoms with van der Waals surface area (Å²) in [6, 6.07) is 4.99. The summed E-state index contributed by atoms with van der Waals surface area (Å²) in [5, 5.41) is 0. The van der Waals surface area contributed by atoms with Gasteiger partial charge in [0.15, 0.2) is 0 Å². The van der Waals surface area contributed by atoms with E-state index in [1.54, 1.807) is 45.9 Å². The Balaban J connectivity index is 3.14. The van der Waals surface area contributed by atoms with Crippen LogP contribution in [0.3, 0.4) is 0 Å². The highest BCUT2D eigenvalue weighted by molar-refractivity contribution is 6.03. The summed E-state index contributed by atoms with van der Waals surface area (Å²) in [4.78, 5) is 23.9. The second kappa shape index (κ2) is 5.87. The van der Waals surface area contributed by atoms with Gasteiger partial charge in [-0.1, -0.05) is 11.6 Å². The Kier molecular flexibility index (Phi) is 4.70. The fourth-order valence-corrected chi connectivity index (χ4v) is 1.55. The fourth-order valence-electron chi connectivity index (χ4n) is 1.55. The second-order valence-electron chi connectivity index (χ2n) is 5.27. The van der Waals surface area contributed by atoms with Crippen molar-refractivity contribution in [3.05, 3.63) is 34.9 Å². The van der Waals surface area contributed by atoms with Gasteiger partial charge in [0.2, 0.25) is 0 Å². The van der Waals surface area contributed by atoms with Gasteiger partial charge in [0.25, 0.3) is 0 Å². The smallest absolute Gasteiger partial charge is 0.339 e. The number of esters is 2. The molecule has 19 heavy (non-hydrogen) atoms. The summed E-state index contributed by atoms with van der Waals surface area (Å²) < 4.78 is 10.2. The molecule has 0 unspecified atom stereocenters. The molecule has 0 spiro atoms. The van der Waals surface area contributed by atoms with Gasteiger partial charge >= 0.3 is 11.9 Å². The van der Waals surface area contributed by atoms with Crippen LogP contribution in [0.15, 0.2) is 18.2 Å². The zero-order valence-corrected chi connectivity index (χ0v) is 12.1. The van der Waals surface area contributed by atoms with E-state index in [2.05, 4.69) is 0 Å². The molecule has 0 aromatic heterocycles. The predicted octanol–water partition coefficient (Wildman–Crippen LogP) is 3.13. The first-order valence-electron chi connectivity index (χ1n) is 6.25. The molecule has 0 heterocycles. The van der Waals surface area contributed by atoms with Crippen LogP contribution in [-0.4, -0.2) is 24.1 Å². The van der Waals surface area contributed by atoms with Crippen molar-refractivity contribution in [2.75, 3.05) is 6.61 Å². The lowest BCUT2D eigenvalue weighted by Crippen LogP contribution is -2.25. The third-order valence-electron chi connectivity index (χ3n) is 2.29. The minimum atomic E-state index is -0.604. The number of carbonyl (C=O) groups is 2. The maximum Gasteiger partial charge on any atom is 0.339 e. The molecule has 0 aliphatic carbocycles. The zero-order chi connectivity index (χ0) is 14.6. The lowest BCUT2D eigenvalue weighted by Gasteiger charge is -2.20. The molecule has 0 aliphatic rings. The van der Waals surface area contributed by atoms with Crippen LogP contribution < -0.4 is 0 Å². The molecule has 1 rings (SSSR count). The number of hydrogen-bond donors (Lipinski definition) is 0. The minimum Gasteiger partial charge on any atom is -0.462 e. The van der Waals surface area contributed by atoms with Crippen molar-refractivity contribution >= 4 is 11.9 Å². The Labute approximate surface area is 113 Å². The summed E-state index contributed by atoms with van der Waals surface area (Å²) in [6.07, 6.45) is 0. The van der Waals surface area contributed by atoms with Gasteiger partial charge in [-0.05, 0) is 46.8 Å². The number of rotatable bonds is 3. The molecule has 0 saturated carbocycles. The second-order valence-corrected chi connectivity index (χ2v) is 5.27. The van der Waals surface area contributed by atoms with Crippen molar-refractivity contribution in [3.8, 4) is 0 Å². The van der Waals surface area contributed by atoms with E-state index in [9.17, 15) is 9.59 Å². The number of benzene rings is 1. The Hall–Kier alpha value is -1.84. The molecule has 0 bridgehead atoms. The molecule has 4 heteroatoms. The molecular weight excluding hydrogens is 244 g/mol. The van der Waals surface area contributed by atoms with Gasteiger partial charge in [-0.2, -0.15) is 0 Å². The van der Waals surface area contributed by atoms with Crippen LogP contribution in [0.5, 0.6) is 0 Å². The molecule has 1 aromatic rings. The van der Waals surface area contributed by atoms with E-state index in [0.29, 0.717) is 0 Å². The van der Waals surface area contributed by atoms with Gasteiger partial charge in [-0.3, -0.25) is 0 Å². The first kappa shape index (κ1) is 15.2. The van der Waals surface area contributed by atoms with Crippen molar-refractivity contribution in [2.45, 2.75) is 40.2 Å². The maximum absolute atomic E-state index is 12.1. The average Bonchev–Trinajstić information content (AvgIpc) is 2.26. The molecule has 0 saturated heterocycles. The first-order chi connectivity index (χ1) is 8.74. The van der Waals surface area contributed by atoms with Crippen LogP contribution in [0.2, 0.25) is 0 Å². The molecule has 4 nitrogen and oxygen atoms in total. The van der Waals surface area contributed by atoms with Gasteiger partial charge in [-0.15, -0.1) is 0 Å². The molecule has 0 fully saturated rings. The summed E-state index contributed by atoms with van der Waals surface area (Å²) in [6.45, 7) is 9.18. The standard InChI is InChI=1S/C15H20O4/c1-6-18-13(16)11-8-7-10(2)9-12(11)14(17)19-15(3,4)5/h7-9H,6H2,1-5H3. The van der Waals surface area contributed by atoms with Crippen molar-refractivity contribution in [2.24, 2.45) is 0 Å². The lowest BCUT2D eigenvalue weighted by molar-refractivity contribution is 0.00642. The summed E-state index contributed by atoms with van der Waals surface area (Å²) in [5.74, 6) is -1.03. The van der Waals surface area contributed by atoms with Crippen molar-refractivity contribution in [3.63, 3.8) is 0 Å². The van der Waals surface area contributed by atoms with E-state index in [1.165, 1.54) is 0 Å². The van der Waals surface area contributed by atoms with Crippen LogP contribution in [0.25, 0.3) is 0 Å². The normalized spacial score (nSPS) is 11.0. The van der Waals surface area contributed by atoms with Crippen LogP contribution >= 0.6 is 0 Å². The van der Waals surface area contributed by atoms with E-state index >= 15 is 0 Å². The molecule has 0 N–H and O–H groups in total. The molecule has 104 valence electrons. The molecule has 1 aromatic carbocycles. The van der Waals surface area contributed by atoms with E-state index in [-0.39, 0.29) is 17.7 Å². The van der Waals surface area contributed by atoms with E-state index in [4.69, 9.17) is 9.47 Å². The molecule has 0 amide bonds. The Morgan fingerprint density at radius 2 is 1.74 bits per heavy atom. The Morgan fingerprint density at radius 1 is 1.11 bits per heavy atom. The first-order valence-corrected chi connectivity index (χ1v) is 6.25. The number of aryl methyl sites for hydroxylation is 1. The van der Waals surface area contributed by atoms with Gasteiger partial charge in [-0.25, -0.2) is 9.59 Å². The number of carbonyl (C=O) groups excluding carboxylic acids is 2. The third kappa shape index (κ3) is 4.39. The minimum absolute atomic E-state index is 0.238. The highest BCUT2D eigenvalue weighted by atomic mass is 16.6. The molecule has 0 atom stereocenters. The Bertz CT molecular complexity index is 483. The van der Waals surface area contributed by atoms with Gasteiger partial charge in [0.1, 0.15) is 5.60 Å². The Morgan fingerprint density at radius 3 is 2.26 bits per heavy atom. The summed E-state index contributed by atoms with van der Waals surface area (Å²) >= 11 is 0. The van der Waals surface area contributed by atoms with Crippen LogP contribution in [0.4, 0.5) is 0 Å². The van der Waals surface area contributed by atoms with Crippen LogP contribution in [0.1, 0.15) is 54.0 Å². The maximum atomic E-state index is 12.1. The van der Waals surface area contributed by atoms with Gasteiger partial charge < -0.3 is 9.47 Å². The van der Waals surface area contributed by atoms with Crippen LogP contribution in [0, 0.1) is 6.92 Å². The summed E-state index contributed by atoms with van der Waals surface area (Å²) in [5.41, 5.74) is 0.760. The molecular formula is C15H20O4. The topological polar surface area (TPSA) is 52.6 Å². The van der Waals surface area contributed by atoms with E-state index in [1.807, 2.05) is 6.92 Å². The highest BCUT2D eigenvalue weighted by Gasteiger charge is 2.23. The molecule has 0 aliphatic heterocycles. The monoisotopic (exact) mass is 264 g/mol. The number of hydrogen-bond acceptors (Lipinski definition) is 4. The van der Waals surface area contributed by atoms with Crippen LogP contribution in [-0.2, 0) is 9.47 Å². The quantitative estimate of drug-likeness (QED) is 0.787. The average molecular weight is 264 g/mol. The van der Waals surface area contributed by atoms with E-state index < -0.39 is 17.5 Å². The van der Waals surface area contributed by atoms with Gasteiger partial charge in [0, 0.05) is 0 Å². The zero-order valence-electron chi connectivity index (χ0n) is 12.1. The lowest BCUT2D eigenvalue weighted by atomic mass is 10.0. The molecule has 0 radical (unpaired) electrons. The highest BCUT2D eigenvalue weighted by Crippen LogP contribution is 2.18. The third-order valence-corrected chi connectivity index (χ3v) is 2.29.